The molecule has 128 valence electrons. The maximum atomic E-state index is 12.6. The van der Waals surface area contributed by atoms with Gasteiger partial charge in [-0.05, 0) is 30.3 Å². The van der Waals surface area contributed by atoms with Crippen LogP contribution in [0, 0.1) is 0 Å². The van der Waals surface area contributed by atoms with Gasteiger partial charge in [-0.15, -0.1) is 0 Å². The molecule has 0 aliphatic carbocycles. The van der Waals surface area contributed by atoms with E-state index in [-0.39, 0.29) is 22.7 Å². The van der Waals surface area contributed by atoms with Crippen LogP contribution < -0.4 is 10.3 Å². The van der Waals surface area contributed by atoms with Gasteiger partial charge in [0.25, 0.3) is 5.56 Å². The number of rotatable bonds is 4. The van der Waals surface area contributed by atoms with Crippen LogP contribution in [0.4, 0.5) is 0 Å². The summed E-state index contributed by atoms with van der Waals surface area (Å²) in [7, 11) is 1.49. The summed E-state index contributed by atoms with van der Waals surface area (Å²) in [5, 5.41) is 1.17. The van der Waals surface area contributed by atoms with Crippen LogP contribution in [-0.2, 0) is 6.54 Å². The van der Waals surface area contributed by atoms with Crippen LogP contribution in [0.25, 0.3) is 10.9 Å². The SMILES string of the molecule is COc1ccc(C(=O)Cn2cnc3c(Cl)cc(Cl)cc3c2=O)cc1Cl. The number of hydrogen-bond acceptors (Lipinski definition) is 4. The van der Waals surface area contributed by atoms with E-state index >= 15 is 0 Å². The Bertz CT molecular complexity index is 1050. The van der Waals surface area contributed by atoms with Gasteiger partial charge in [0.15, 0.2) is 5.78 Å². The zero-order chi connectivity index (χ0) is 18.1. The molecule has 8 heteroatoms. The molecular weight excluding hydrogens is 387 g/mol. The predicted octanol–water partition coefficient (Wildman–Crippen LogP) is 4.25. The van der Waals surface area contributed by atoms with Gasteiger partial charge in [0.1, 0.15) is 5.75 Å². The second-order valence-corrected chi connectivity index (χ2v) is 6.48. The van der Waals surface area contributed by atoms with E-state index in [1.165, 1.54) is 36.2 Å². The third-order valence-corrected chi connectivity index (χ3v) is 4.44. The van der Waals surface area contributed by atoms with Crippen molar-refractivity contribution in [3.8, 4) is 5.75 Å². The number of methoxy groups -OCH3 is 1. The van der Waals surface area contributed by atoms with Crippen molar-refractivity contribution in [1.29, 1.82) is 0 Å². The summed E-state index contributed by atoms with van der Waals surface area (Å²) in [5.41, 5.74) is 0.302. The molecule has 25 heavy (non-hydrogen) atoms. The Labute approximate surface area is 157 Å². The number of benzene rings is 2. The standard InChI is InChI=1S/C17H11Cl3N2O3/c1-25-15-3-2-9(4-12(15)19)14(23)7-22-8-21-16-11(17(22)24)5-10(18)6-13(16)20/h2-6,8H,7H2,1H3. The number of halogens is 3. The van der Waals surface area contributed by atoms with Gasteiger partial charge in [-0.1, -0.05) is 34.8 Å². The lowest BCUT2D eigenvalue weighted by atomic mass is 10.1. The van der Waals surface area contributed by atoms with Gasteiger partial charge in [-0.3, -0.25) is 14.2 Å². The van der Waals surface area contributed by atoms with Crippen molar-refractivity contribution in [2.75, 3.05) is 7.11 Å². The zero-order valence-electron chi connectivity index (χ0n) is 12.9. The van der Waals surface area contributed by atoms with E-state index < -0.39 is 5.56 Å². The largest absolute Gasteiger partial charge is 0.495 e. The second kappa shape index (κ2) is 7.04. The third kappa shape index (κ3) is 3.49. The predicted molar refractivity (Wildman–Crippen MR) is 98.4 cm³/mol. The fourth-order valence-electron chi connectivity index (χ4n) is 2.39. The highest BCUT2D eigenvalue weighted by Crippen LogP contribution is 2.26. The number of ether oxygens (including phenoxy) is 1. The number of aromatic nitrogens is 2. The number of carbonyl (C=O) groups excluding carboxylic acids is 1. The van der Waals surface area contributed by atoms with Crippen LogP contribution in [0.1, 0.15) is 10.4 Å². The maximum absolute atomic E-state index is 12.6. The third-order valence-electron chi connectivity index (χ3n) is 3.63. The van der Waals surface area contributed by atoms with Gasteiger partial charge in [-0.25, -0.2) is 4.98 Å². The first kappa shape index (κ1) is 17.7. The molecule has 0 aliphatic heterocycles. The normalized spacial score (nSPS) is 10.9. The first-order valence-corrected chi connectivity index (χ1v) is 8.25. The van der Waals surface area contributed by atoms with Gasteiger partial charge >= 0.3 is 0 Å². The highest BCUT2D eigenvalue weighted by atomic mass is 35.5. The molecule has 2 aromatic carbocycles. The van der Waals surface area contributed by atoms with Crippen LogP contribution >= 0.6 is 34.8 Å². The Morgan fingerprint density at radius 1 is 1.16 bits per heavy atom. The van der Waals surface area contributed by atoms with E-state index in [1.807, 2.05) is 0 Å². The molecule has 3 aromatic rings. The molecule has 1 aromatic heterocycles. The lowest BCUT2D eigenvalue weighted by Gasteiger charge is -2.08. The van der Waals surface area contributed by atoms with Gasteiger partial charge in [0.05, 0.1) is 40.9 Å². The molecule has 0 radical (unpaired) electrons. The summed E-state index contributed by atoms with van der Waals surface area (Å²) in [6.45, 7) is -0.186. The minimum atomic E-state index is -0.401. The summed E-state index contributed by atoms with van der Waals surface area (Å²) < 4.78 is 6.26. The van der Waals surface area contributed by atoms with Gasteiger partial charge in [0, 0.05) is 10.6 Å². The Morgan fingerprint density at radius 3 is 2.60 bits per heavy atom. The zero-order valence-corrected chi connectivity index (χ0v) is 15.2. The molecule has 0 saturated carbocycles. The van der Waals surface area contributed by atoms with E-state index in [9.17, 15) is 9.59 Å². The van der Waals surface area contributed by atoms with Gasteiger partial charge in [-0.2, -0.15) is 0 Å². The van der Waals surface area contributed by atoms with E-state index in [4.69, 9.17) is 39.5 Å². The molecule has 0 atom stereocenters. The maximum Gasteiger partial charge on any atom is 0.261 e. The summed E-state index contributed by atoms with van der Waals surface area (Å²) in [4.78, 5) is 29.2. The molecular formula is C17H11Cl3N2O3. The van der Waals surface area contributed by atoms with Crippen molar-refractivity contribution in [3.05, 3.63) is 67.6 Å². The quantitative estimate of drug-likeness (QED) is 0.618. The van der Waals surface area contributed by atoms with Crippen molar-refractivity contribution >= 4 is 51.5 Å². The van der Waals surface area contributed by atoms with Crippen molar-refractivity contribution in [2.45, 2.75) is 6.54 Å². The lowest BCUT2D eigenvalue weighted by Crippen LogP contribution is -2.24. The lowest BCUT2D eigenvalue weighted by molar-refractivity contribution is 0.0970. The fraction of sp³-hybridized carbons (Fsp3) is 0.118. The van der Waals surface area contributed by atoms with Crippen molar-refractivity contribution in [3.63, 3.8) is 0 Å². The molecule has 0 aliphatic rings. The Balaban J connectivity index is 1.98. The second-order valence-electron chi connectivity index (χ2n) is 5.23. The average Bonchev–Trinajstić information content (AvgIpc) is 2.57. The molecule has 0 bridgehead atoms. The average molecular weight is 398 g/mol. The number of carbonyl (C=O) groups is 1. The minimum absolute atomic E-state index is 0.186. The van der Waals surface area contributed by atoms with Crippen molar-refractivity contribution < 1.29 is 9.53 Å². The van der Waals surface area contributed by atoms with Crippen molar-refractivity contribution in [2.24, 2.45) is 0 Å². The smallest absolute Gasteiger partial charge is 0.261 e. The summed E-state index contributed by atoms with van der Waals surface area (Å²) in [6, 6.07) is 7.66. The molecule has 1 heterocycles. The monoisotopic (exact) mass is 396 g/mol. The first-order chi connectivity index (χ1) is 11.9. The summed E-state index contributed by atoms with van der Waals surface area (Å²) in [5.74, 6) is 0.174. The molecule has 0 unspecified atom stereocenters. The van der Waals surface area contributed by atoms with E-state index in [1.54, 1.807) is 12.1 Å². The van der Waals surface area contributed by atoms with Crippen molar-refractivity contribution in [1.82, 2.24) is 9.55 Å². The fourth-order valence-corrected chi connectivity index (χ4v) is 3.19. The minimum Gasteiger partial charge on any atom is -0.495 e. The highest BCUT2D eigenvalue weighted by molar-refractivity contribution is 6.38. The van der Waals surface area contributed by atoms with Crippen LogP contribution in [0.5, 0.6) is 5.75 Å². The summed E-state index contributed by atoms with van der Waals surface area (Å²) >= 11 is 18.0. The molecule has 0 spiro atoms. The van der Waals surface area contributed by atoms with Crippen LogP contribution in [-0.4, -0.2) is 22.4 Å². The van der Waals surface area contributed by atoms with E-state index in [0.717, 1.165) is 0 Å². The number of Topliss-reactive ketones (excluding diaryl/α,β-unsaturated/α-hetero) is 1. The summed E-state index contributed by atoms with van der Waals surface area (Å²) in [6.07, 6.45) is 1.29. The first-order valence-electron chi connectivity index (χ1n) is 7.11. The molecule has 0 N–H and O–H groups in total. The van der Waals surface area contributed by atoms with Crippen LogP contribution in [0.15, 0.2) is 41.5 Å². The van der Waals surface area contributed by atoms with Crippen LogP contribution in [0.2, 0.25) is 15.1 Å². The molecule has 0 amide bonds. The van der Waals surface area contributed by atoms with E-state index in [0.29, 0.717) is 26.9 Å². The topological polar surface area (TPSA) is 61.2 Å². The number of hydrogen-bond donors (Lipinski definition) is 0. The van der Waals surface area contributed by atoms with Gasteiger partial charge in [0.2, 0.25) is 0 Å². The molecule has 0 saturated heterocycles. The Morgan fingerprint density at radius 2 is 1.92 bits per heavy atom. The van der Waals surface area contributed by atoms with Gasteiger partial charge < -0.3 is 4.74 Å². The van der Waals surface area contributed by atoms with Crippen LogP contribution in [0.3, 0.4) is 0 Å². The Hall–Kier alpha value is -2.08. The number of ketones is 1. The Kier molecular flexibility index (Phi) is 4.99. The molecule has 5 nitrogen and oxygen atoms in total. The number of nitrogens with zero attached hydrogens (tertiary/aromatic N) is 2. The molecule has 0 fully saturated rings. The molecule has 3 rings (SSSR count). The highest BCUT2D eigenvalue weighted by Gasteiger charge is 2.14. The van der Waals surface area contributed by atoms with E-state index in [2.05, 4.69) is 4.98 Å². The number of fused-ring (bicyclic) bond motifs is 1.